The van der Waals surface area contributed by atoms with Crippen molar-refractivity contribution in [1.29, 1.82) is 0 Å². The number of nitrogens with zero attached hydrogens (tertiary/aromatic N) is 1. The van der Waals surface area contributed by atoms with Gasteiger partial charge in [0.05, 0.1) is 6.61 Å². The SMILES string of the molecule is CCOC[C@H]1CCCCN1C1CCNCC1. The fourth-order valence-electron chi connectivity index (χ4n) is 3.07. The molecule has 2 fully saturated rings. The zero-order chi connectivity index (χ0) is 11.2. The Morgan fingerprint density at radius 2 is 2.00 bits per heavy atom. The standard InChI is InChI=1S/C13H26N2O/c1-2-16-11-13-5-3-4-10-15(13)12-6-8-14-9-7-12/h12-14H,2-11H2,1H3/t13-/m1/s1. The maximum atomic E-state index is 5.64. The summed E-state index contributed by atoms with van der Waals surface area (Å²) in [5.74, 6) is 0. The molecule has 1 N–H and O–H groups in total. The Hall–Kier alpha value is -0.120. The van der Waals surface area contributed by atoms with E-state index in [-0.39, 0.29) is 0 Å². The van der Waals surface area contributed by atoms with Crippen molar-refractivity contribution in [2.45, 2.75) is 51.1 Å². The highest BCUT2D eigenvalue weighted by Crippen LogP contribution is 2.23. The summed E-state index contributed by atoms with van der Waals surface area (Å²) in [5, 5.41) is 3.45. The molecule has 94 valence electrons. The average Bonchev–Trinajstić information content (AvgIpc) is 2.38. The molecule has 2 aliphatic heterocycles. The van der Waals surface area contributed by atoms with Crippen molar-refractivity contribution in [3.63, 3.8) is 0 Å². The number of hydrogen-bond acceptors (Lipinski definition) is 3. The minimum absolute atomic E-state index is 0.691. The normalized spacial score (nSPS) is 29.4. The quantitative estimate of drug-likeness (QED) is 0.788. The molecule has 0 amide bonds. The van der Waals surface area contributed by atoms with Crippen LogP contribution in [0.4, 0.5) is 0 Å². The Labute approximate surface area is 99.5 Å². The lowest BCUT2D eigenvalue weighted by atomic mass is 9.96. The van der Waals surface area contributed by atoms with Gasteiger partial charge in [0.1, 0.15) is 0 Å². The molecule has 0 aromatic rings. The summed E-state index contributed by atoms with van der Waals surface area (Å²) in [4.78, 5) is 2.74. The Morgan fingerprint density at radius 1 is 1.19 bits per heavy atom. The molecule has 0 aliphatic carbocycles. The molecule has 2 rings (SSSR count). The summed E-state index contributed by atoms with van der Waals surface area (Å²) < 4.78 is 5.64. The molecular formula is C13H26N2O. The van der Waals surface area contributed by atoms with Crippen molar-refractivity contribution in [3.8, 4) is 0 Å². The van der Waals surface area contributed by atoms with E-state index in [1.807, 2.05) is 0 Å². The van der Waals surface area contributed by atoms with Gasteiger partial charge in [-0.3, -0.25) is 4.90 Å². The van der Waals surface area contributed by atoms with Crippen molar-refractivity contribution in [3.05, 3.63) is 0 Å². The van der Waals surface area contributed by atoms with Crippen LogP contribution in [0.5, 0.6) is 0 Å². The Morgan fingerprint density at radius 3 is 2.75 bits per heavy atom. The first-order valence-electron chi connectivity index (χ1n) is 6.96. The van der Waals surface area contributed by atoms with Crippen LogP contribution in [0.25, 0.3) is 0 Å². The average molecular weight is 226 g/mol. The van der Waals surface area contributed by atoms with Crippen LogP contribution in [0.15, 0.2) is 0 Å². The van der Waals surface area contributed by atoms with E-state index in [0.717, 1.165) is 19.3 Å². The molecule has 2 saturated heterocycles. The number of piperidine rings is 2. The predicted octanol–water partition coefficient (Wildman–Crippen LogP) is 1.63. The molecule has 3 heteroatoms. The molecule has 0 saturated carbocycles. The summed E-state index contributed by atoms with van der Waals surface area (Å²) in [7, 11) is 0. The Bertz CT molecular complexity index is 192. The summed E-state index contributed by atoms with van der Waals surface area (Å²) in [6.07, 6.45) is 6.75. The van der Waals surface area contributed by atoms with Crippen molar-refractivity contribution in [2.24, 2.45) is 0 Å². The van der Waals surface area contributed by atoms with Crippen LogP contribution in [0, 0.1) is 0 Å². The number of ether oxygens (including phenoxy) is 1. The van der Waals surface area contributed by atoms with E-state index in [9.17, 15) is 0 Å². The monoisotopic (exact) mass is 226 g/mol. The summed E-state index contributed by atoms with van der Waals surface area (Å²) in [6, 6.07) is 1.50. The third kappa shape index (κ3) is 3.19. The highest BCUT2D eigenvalue weighted by Gasteiger charge is 2.29. The van der Waals surface area contributed by atoms with Gasteiger partial charge in [-0.05, 0) is 52.2 Å². The maximum Gasteiger partial charge on any atom is 0.0621 e. The fraction of sp³-hybridized carbons (Fsp3) is 1.00. The lowest BCUT2D eigenvalue weighted by molar-refractivity contribution is 0.0133. The first-order chi connectivity index (χ1) is 7.92. The van der Waals surface area contributed by atoms with Crippen molar-refractivity contribution < 1.29 is 4.74 Å². The maximum absolute atomic E-state index is 5.64. The highest BCUT2D eigenvalue weighted by atomic mass is 16.5. The molecule has 0 bridgehead atoms. The van der Waals surface area contributed by atoms with E-state index in [0.29, 0.717) is 6.04 Å². The van der Waals surface area contributed by atoms with Gasteiger partial charge in [-0.1, -0.05) is 6.42 Å². The van der Waals surface area contributed by atoms with E-state index in [4.69, 9.17) is 4.74 Å². The van der Waals surface area contributed by atoms with Crippen LogP contribution in [-0.2, 0) is 4.74 Å². The zero-order valence-electron chi connectivity index (χ0n) is 10.6. The topological polar surface area (TPSA) is 24.5 Å². The van der Waals surface area contributed by atoms with E-state index in [1.54, 1.807) is 0 Å². The third-order valence-electron chi connectivity index (χ3n) is 3.96. The second-order valence-electron chi connectivity index (χ2n) is 5.03. The van der Waals surface area contributed by atoms with E-state index in [2.05, 4.69) is 17.1 Å². The molecule has 0 unspecified atom stereocenters. The van der Waals surface area contributed by atoms with E-state index in [1.165, 1.54) is 51.7 Å². The molecule has 1 atom stereocenters. The van der Waals surface area contributed by atoms with Gasteiger partial charge in [-0.15, -0.1) is 0 Å². The second-order valence-corrected chi connectivity index (χ2v) is 5.03. The van der Waals surface area contributed by atoms with Crippen LogP contribution in [0.2, 0.25) is 0 Å². The van der Waals surface area contributed by atoms with Crippen molar-refractivity contribution in [2.75, 3.05) is 32.8 Å². The number of hydrogen-bond donors (Lipinski definition) is 1. The fourth-order valence-corrected chi connectivity index (χ4v) is 3.07. The molecule has 0 radical (unpaired) electrons. The molecular weight excluding hydrogens is 200 g/mol. The van der Waals surface area contributed by atoms with Gasteiger partial charge in [-0.25, -0.2) is 0 Å². The smallest absolute Gasteiger partial charge is 0.0621 e. The highest BCUT2D eigenvalue weighted by molar-refractivity contribution is 4.85. The van der Waals surface area contributed by atoms with E-state index < -0.39 is 0 Å². The lowest BCUT2D eigenvalue weighted by Crippen LogP contribution is -2.51. The first-order valence-corrected chi connectivity index (χ1v) is 6.96. The van der Waals surface area contributed by atoms with Crippen LogP contribution in [0.3, 0.4) is 0 Å². The number of likely N-dealkylation sites (tertiary alicyclic amines) is 1. The Kier molecular flexibility index (Phi) is 5.07. The number of rotatable bonds is 4. The van der Waals surface area contributed by atoms with Gasteiger partial charge in [0.15, 0.2) is 0 Å². The van der Waals surface area contributed by atoms with Gasteiger partial charge in [-0.2, -0.15) is 0 Å². The summed E-state index contributed by atoms with van der Waals surface area (Å²) in [6.45, 7) is 7.59. The predicted molar refractivity (Wildman–Crippen MR) is 66.7 cm³/mol. The lowest BCUT2D eigenvalue weighted by Gasteiger charge is -2.42. The van der Waals surface area contributed by atoms with Crippen LogP contribution < -0.4 is 5.32 Å². The van der Waals surface area contributed by atoms with Crippen LogP contribution >= 0.6 is 0 Å². The van der Waals surface area contributed by atoms with E-state index >= 15 is 0 Å². The first kappa shape index (κ1) is 12.3. The van der Waals surface area contributed by atoms with Crippen molar-refractivity contribution >= 4 is 0 Å². The summed E-state index contributed by atoms with van der Waals surface area (Å²) in [5.41, 5.74) is 0. The molecule has 0 aromatic carbocycles. The molecule has 0 aromatic heterocycles. The van der Waals surface area contributed by atoms with Gasteiger partial charge in [0, 0.05) is 18.7 Å². The number of nitrogens with one attached hydrogen (secondary N) is 1. The molecule has 2 aliphatic rings. The van der Waals surface area contributed by atoms with Crippen LogP contribution in [-0.4, -0.2) is 49.8 Å². The third-order valence-corrected chi connectivity index (χ3v) is 3.96. The van der Waals surface area contributed by atoms with Crippen molar-refractivity contribution in [1.82, 2.24) is 10.2 Å². The van der Waals surface area contributed by atoms with Gasteiger partial charge in [0.2, 0.25) is 0 Å². The zero-order valence-corrected chi connectivity index (χ0v) is 10.6. The summed E-state index contributed by atoms with van der Waals surface area (Å²) >= 11 is 0. The molecule has 16 heavy (non-hydrogen) atoms. The minimum atomic E-state index is 0.691. The van der Waals surface area contributed by atoms with Gasteiger partial charge >= 0.3 is 0 Å². The van der Waals surface area contributed by atoms with Crippen LogP contribution in [0.1, 0.15) is 39.0 Å². The molecule has 0 spiro atoms. The minimum Gasteiger partial charge on any atom is -0.380 e. The van der Waals surface area contributed by atoms with Gasteiger partial charge < -0.3 is 10.1 Å². The molecule has 3 nitrogen and oxygen atoms in total. The second kappa shape index (κ2) is 6.58. The molecule has 2 heterocycles. The van der Waals surface area contributed by atoms with Gasteiger partial charge in [0.25, 0.3) is 0 Å². The Balaban J connectivity index is 1.86. The largest absolute Gasteiger partial charge is 0.380 e.